The number of aromatic nitrogens is 2. The van der Waals surface area contributed by atoms with Crippen molar-refractivity contribution in [2.75, 3.05) is 18.5 Å². The van der Waals surface area contributed by atoms with E-state index in [1.165, 1.54) is 12.4 Å². The number of aliphatic carboxylic acids is 1. The SMILES string of the molecule is CC[C@H](C)[C@@H](COc1ccc(-c2ccc(Cl)cc2Cl)cc1)Nc1cnc(C(=O)NCCC(=O)O)cn1. The van der Waals surface area contributed by atoms with E-state index in [2.05, 4.69) is 34.4 Å². The van der Waals surface area contributed by atoms with Crippen LogP contribution in [0.25, 0.3) is 11.1 Å². The lowest BCUT2D eigenvalue weighted by Gasteiger charge is -2.25. The number of hydrogen-bond acceptors (Lipinski definition) is 6. The van der Waals surface area contributed by atoms with E-state index >= 15 is 0 Å². The van der Waals surface area contributed by atoms with Gasteiger partial charge in [-0.25, -0.2) is 9.97 Å². The molecule has 0 fully saturated rings. The number of carbonyl (C=O) groups excluding carboxylic acids is 1. The maximum atomic E-state index is 12.1. The zero-order chi connectivity index (χ0) is 26.1. The van der Waals surface area contributed by atoms with Crippen LogP contribution in [-0.2, 0) is 4.79 Å². The molecule has 0 saturated heterocycles. The minimum Gasteiger partial charge on any atom is -0.491 e. The van der Waals surface area contributed by atoms with Crippen LogP contribution in [0.2, 0.25) is 10.0 Å². The number of carboxylic acid groups (broad SMARTS) is 1. The summed E-state index contributed by atoms with van der Waals surface area (Å²) in [6.45, 7) is 4.64. The Morgan fingerprint density at radius 1 is 1.08 bits per heavy atom. The average Bonchev–Trinajstić information content (AvgIpc) is 2.86. The lowest BCUT2D eigenvalue weighted by atomic mass is 10.00. The number of nitrogens with one attached hydrogen (secondary N) is 2. The second-order valence-corrected chi connectivity index (χ2v) is 9.13. The minimum absolute atomic E-state index is 0.0248. The summed E-state index contributed by atoms with van der Waals surface area (Å²) in [5.41, 5.74) is 1.97. The fourth-order valence-corrected chi connectivity index (χ4v) is 3.87. The maximum absolute atomic E-state index is 12.1. The van der Waals surface area contributed by atoms with E-state index in [1.54, 1.807) is 12.1 Å². The Hall–Kier alpha value is -3.36. The highest BCUT2D eigenvalue weighted by atomic mass is 35.5. The second kappa shape index (κ2) is 13.1. The van der Waals surface area contributed by atoms with Gasteiger partial charge in [-0.05, 0) is 35.7 Å². The molecule has 1 heterocycles. The third kappa shape index (κ3) is 7.83. The van der Waals surface area contributed by atoms with Gasteiger partial charge in [-0.1, -0.05) is 61.7 Å². The topological polar surface area (TPSA) is 113 Å². The zero-order valence-corrected chi connectivity index (χ0v) is 21.5. The molecule has 0 saturated carbocycles. The van der Waals surface area contributed by atoms with Crippen molar-refractivity contribution in [2.24, 2.45) is 5.92 Å². The molecule has 36 heavy (non-hydrogen) atoms. The highest BCUT2D eigenvalue weighted by Crippen LogP contribution is 2.31. The van der Waals surface area contributed by atoms with Crippen molar-refractivity contribution >= 4 is 40.9 Å². The first-order valence-corrected chi connectivity index (χ1v) is 12.3. The van der Waals surface area contributed by atoms with Gasteiger partial charge in [-0.3, -0.25) is 9.59 Å². The van der Waals surface area contributed by atoms with Crippen molar-refractivity contribution in [1.29, 1.82) is 0 Å². The fourth-order valence-electron chi connectivity index (χ4n) is 3.36. The van der Waals surface area contributed by atoms with Crippen molar-refractivity contribution < 1.29 is 19.4 Å². The summed E-state index contributed by atoms with van der Waals surface area (Å²) in [5.74, 6) is 0.0524. The number of hydrogen-bond donors (Lipinski definition) is 3. The van der Waals surface area contributed by atoms with Crippen LogP contribution in [0.4, 0.5) is 5.82 Å². The molecular weight excluding hydrogens is 503 g/mol. The van der Waals surface area contributed by atoms with Gasteiger partial charge in [0.25, 0.3) is 5.91 Å². The lowest BCUT2D eigenvalue weighted by molar-refractivity contribution is -0.136. The molecule has 190 valence electrons. The molecule has 8 nitrogen and oxygen atoms in total. The molecule has 3 aromatic rings. The van der Waals surface area contributed by atoms with Crippen LogP contribution in [0.1, 0.15) is 37.2 Å². The van der Waals surface area contributed by atoms with E-state index in [4.69, 9.17) is 33.0 Å². The molecule has 0 bridgehead atoms. The summed E-state index contributed by atoms with van der Waals surface area (Å²) in [6, 6.07) is 13.0. The minimum atomic E-state index is -0.985. The van der Waals surface area contributed by atoms with Crippen LogP contribution in [0.15, 0.2) is 54.9 Å². The Morgan fingerprint density at radius 3 is 2.44 bits per heavy atom. The van der Waals surface area contributed by atoms with Crippen molar-refractivity contribution in [3.8, 4) is 16.9 Å². The predicted octanol–water partition coefficient (Wildman–Crippen LogP) is 5.56. The number of carbonyl (C=O) groups is 2. The highest BCUT2D eigenvalue weighted by Gasteiger charge is 2.18. The first-order valence-electron chi connectivity index (χ1n) is 11.5. The van der Waals surface area contributed by atoms with Gasteiger partial charge in [-0.2, -0.15) is 0 Å². The standard InChI is InChI=1S/C26H28Cl2N4O4/c1-3-16(2)23(32-24-14-30-22(13-31-24)26(35)29-11-10-25(33)34)15-36-19-7-4-17(5-8-19)20-9-6-18(27)12-21(20)28/h4-9,12-14,16,23H,3,10-11,15H2,1-2H3,(H,29,35)(H,31,32)(H,33,34)/t16-,23+/m0/s1. The van der Waals surface area contributed by atoms with Gasteiger partial charge < -0.3 is 20.5 Å². The number of ether oxygens (including phenoxy) is 1. The smallest absolute Gasteiger partial charge is 0.305 e. The van der Waals surface area contributed by atoms with E-state index in [0.717, 1.165) is 23.3 Å². The average molecular weight is 531 g/mol. The van der Waals surface area contributed by atoms with Crippen molar-refractivity contribution in [1.82, 2.24) is 15.3 Å². The fraction of sp³-hybridized carbons (Fsp3) is 0.308. The normalized spacial score (nSPS) is 12.4. The van der Waals surface area contributed by atoms with Gasteiger partial charge in [0.05, 0.1) is 24.9 Å². The Bertz CT molecular complexity index is 1170. The van der Waals surface area contributed by atoms with Gasteiger partial charge in [0.2, 0.25) is 0 Å². The van der Waals surface area contributed by atoms with Gasteiger partial charge >= 0.3 is 5.97 Å². The molecule has 3 N–H and O–H groups in total. The summed E-state index contributed by atoms with van der Waals surface area (Å²) in [6.07, 6.45) is 3.60. The molecule has 0 aliphatic carbocycles. The Balaban J connectivity index is 1.60. The number of halogens is 2. The summed E-state index contributed by atoms with van der Waals surface area (Å²) in [4.78, 5) is 31.1. The van der Waals surface area contributed by atoms with E-state index in [-0.39, 0.29) is 30.6 Å². The number of benzene rings is 2. The molecule has 10 heteroatoms. The van der Waals surface area contributed by atoms with Gasteiger partial charge in [0.15, 0.2) is 0 Å². The predicted molar refractivity (Wildman–Crippen MR) is 141 cm³/mol. The van der Waals surface area contributed by atoms with Crippen molar-refractivity contribution in [2.45, 2.75) is 32.7 Å². The summed E-state index contributed by atoms with van der Waals surface area (Å²) in [5, 5.41) is 15.7. The number of nitrogens with zero attached hydrogens (tertiary/aromatic N) is 2. The Morgan fingerprint density at radius 2 is 1.83 bits per heavy atom. The van der Waals surface area contributed by atoms with Gasteiger partial charge in [0, 0.05) is 22.2 Å². The van der Waals surface area contributed by atoms with Crippen LogP contribution < -0.4 is 15.4 Å². The zero-order valence-electron chi connectivity index (χ0n) is 20.0. The van der Waals surface area contributed by atoms with Crippen LogP contribution in [0, 0.1) is 5.92 Å². The number of carboxylic acids is 1. The lowest BCUT2D eigenvalue weighted by Crippen LogP contribution is -2.34. The third-order valence-electron chi connectivity index (χ3n) is 5.70. The summed E-state index contributed by atoms with van der Waals surface area (Å²) >= 11 is 12.3. The van der Waals surface area contributed by atoms with Crippen LogP contribution in [-0.4, -0.2) is 46.1 Å². The molecule has 1 amide bonds. The van der Waals surface area contributed by atoms with E-state index in [0.29, 0.717) is 22.5 Å². The van der Waals surface area contributed by atoms with E-state index in [9.17, 15) is 9.59 Å². The van der Waals surface area contributed by atoms with Crippen molar-refractivity contribution in [3.63, 3.8) is 0 Å². The van der Waals surface area contributed by atoms with Crippen LogP contribution >= 0.6 is 23.2 Å². The molecule has 0 aliphatic heterocycles. The second-order valence-electron chi connectivity index (χ2n) is 8.28. The molecule has 2 atom stereocenters. The van der Waals surface area contributed by atoms with E-state index < -0.39 is 11.9 Å². The Labute approximate surface area is 220 Å². The van der Waals surface area contributed by atoms with Gasteiger partial charge in [-0.15, -0.1) is 0 Å². The number of rotatable bonds is 12. The largest absolute Gasteiger partial charge is 0.491 e. The molecule has 1 aromatic heterocycles. The monoisotopic (exact) mass is 530 g/mol. The molecule has 2 aromatic carbocycles. The van der Waals surface area contributed by atoms with Gasteiger partial charge in [0.1, 0.15) is 23.9 Å². The first-order chi connectivity index (χ1) is 17.3. The van der Waals surface area contributed by atoms with E-state index in [1.807, 2.05) is 30.3 Å². The maximum Gasteiger partial charge on any atom is 0.305 e. The summed E-state index contributed by atoms with van der Waals surface area (Å²) in [7, 11) is 0. The highest BCUT2D eigenvalue weighted by molar-refractivity contribution is 6.36. The Kier molecular flexibility index (Phi) is 9.90. The first kappa shape index (κ1) is 27.2. The molecule has 0 aliphatic rings. The van der Waals surface area contributed by atoms with Crippen molar-refractivity contribution in [3.05, 3.63) is 70.6 Å². The molecule has 3 rings (SSSR count). The summed E-state index contributed by atoms with van der Waals surface area (Å²) < 4.78 is 6.05. The number of amides is 1. The van der Waals surface area contributed by atoms with Crippen LogP contribution in [0.3, 0.4) is 0 Å². The molecule has 0 unspecified atom stereocenters. The third-order valence-corrected chi connectivity index (χ3v) is 6.25. The molecule has 0 radical (unpaired) electrons. The van der Waals surface area contributed by atoms with Crippen LogP contribution in [0.5, 0.6) is 5.75 Å². The number of anilines is 1. The molecular formula is C26H28Cl2N4O4. The quantitative estimate of drug-likeness (QED) is 0.280. The molecule has 0 spiro atoms.